The van der Waals surface area contributed by atoms with Crippen molar-refractivity contribution in [3.05, 3.63) is 17.7 Å². The number of rotatable bonds is 4. The number of aromatic hydroxyl groups is 1. The molecule has 1 aromatic carbocycles. The summed E-state index contributed by atoms with van der Waals surface area (Å²) in [7, 11) is 1.49. The summed E-state index contributed by atoms with van der Waals surface area (Å²) in [6.07, 6.45) is 0. The molecular weight excluding hydrogens is 194 g/mol. The lowest BCUT2D eigenvalue weighted by atomic mass is 10.1. The third-order valence-corrected chi connectivity index (χ3v) is 2.05. The Balaban J connectivity index is 3.16. The second-order valence-corrected chi connectivity index (χ2v) is 3.61. The molecule has 0 aliphatic rings. The SMILES string of the molecule is COc1ccc(CO)c(NC(C)C)c1O. The number of benzene rings is 1. The van der Waals surface area contributed by atoms with Gasteiger partial charge in [-0.1, -0.05) is 6.07 Å². The van der Waals surface area contributed by atoms with Crippen LogP contribution in [-0.4, -0.2) is 23.4 Å². The summed E-state index contributed by atoms with van der Waals surface area (Å²) in [4.78, 5) is 0. The fraction of sp³-hybridized carbons (Fsp3) is 0.455. The molecule has 84 valence electrons. The number of aliphatic hydroxyl groups is 1. The Labute approximate surface area is 89.5 Å². The van der Waals surface area contributed by atoms with E-state index < -0.39 is 0 Å². The van der Waals surface area contributed by atoms with Gasteiger partial charge in [0.25, 0.3) is 0 Å². The maximum Gasteiger partial charge on any atom is 0.181 e. The standard InChI is InChI=1S/C11H17NO3/c1-7(2)12-10-8(6-13)4-5-9(15-3)11(10)14/h4-5,7,12-14H,6H2,1-3H3. The van der Waals surface area contributed by atoms with Crippen LogP contribution in [0.15, 0.2) is 12.1 Å². The molecule has 0 bridgehead atoms. The summed E-state index contributed by atoms with van der Waals surface area (Å²) in [6, 6.07) is 3.53. The van der Waals surface area contributed by atoms with Crippen LogP contribution in [0.1, 0.15) is 19.4 Å². The number of methoxy groups -OCH3 is 1. The molecule has 1 aromatic rings. The van der Waals surface area contributed by atoms with Crippen LogP contribution in [0.4, 0.5) is 5.69 Å². The third kappa shape index (κ3) is 2.53. The Hall–Kier alpha value is -1.42. The van der Waals surface area contributed by atoms with Crippen molar-refractivity contribution in [1.82, 2.24) is 0 Å². The third-order valence-electron chi connectivity index (χ3n) is 2.05. The zero-order valence-electron chi connectivity index (χ0n) is 9.24. The Kier molecular flexibility index (Phi) is 3.80. The number of hydrogen-bond donors (Lipinski definition) is 3. The lowest BCUT2D eigenvalue weighted by molar-refractivity contribution is 0.281. The summed E-state index contributed by atoms with van der Waals surface area (Å²) in [5.41, 5.74) is 1.19. The van der Waals surface area contributed by atoms with E-state index in [4.69, 9.17) is 9.84 Å². The molecule has 1 rings (SSSR count). The molecule has 3 N–H and O–H groups in total. The van der Waals surface area contributed by atoms with Crippen LogP contribution in [-0.2, 0) is 6.61 Å². The second kappa shape index (κ2) is 4.89. The summed E-state index contributed by atoms with van der Waals surface area (Å²) >= 11 is 0. The number of phenols is 1. The quantitative estimate of drug-likeness (QED) is 0.663. The molecule has 0 unspecified atom stereocenters. The lowest BCUT2D eigenvalue weighted by Gasteiger charge is -2.17. The van der Waals surface area contributed by atoms with Crippen LogP contribution in [0.3, 0.4) is 0 Å². The van der Waals surface area contributed by atoms with Gasteiger partial charge in [-0.2, -0.15) is 0 Å². The lowest BCUT2D eigenvalue weighted by Crippen LogP contribution is -2.12. The van der Waals surface area contributed by atoms with Crippen molar-refractivity contribution in [3.8, 4) is 11.5 Å². The summed E-state index contributed by atoms with van der Waals surface area (Å²) in [5.74, 6) is 0.438. The molecule has 0 radical (unpaired) electrons. The van der Waals surface area contributed by atoms with Crippen LogP contribution in [0.2, 0.25) is 0 Å². The van der Waals surface area contributed by atoms with Crippen molar-refractivity contribution in [3.63, 3.8) is 0 Å². The van der Waals surface area contributed by atoms with Crippen LogP contribution >= 0.6 is 0 Å². The van der Waals surface area contributed by atoms with Gasteiger partial charge >= 0.3 is 0 Å². The summed E-state index contributed by atoms with van der Waals surface area (Å²) in [5, 5.41) is 22.1. The Morgan fingerprint density at radius 1 is 1.40 bits per heavy atom. The number of hydrogen-bond acceptors (Lipinski definition) is 4. The molecule has 4 nitrogen and oxygen atoms in total. The number of phenolic OH excluding ortho intramolecular Hbond substituents is 1. The van der Waals surface area contributed by atoms with Crippen LogP contribution < -0.4 is 10.1 Å². The number of aliphatic hydroxyl groups excluding tert-OH is 1. The smallest absolute Gasteiger partial charge is 0.181 e. The van der Waals surface area contributed by atoms with Crippen molar-refractivity contribution < 1.29 is 14.9 Å². The van der Waals surface area contributed by atoms with Crippen LogP contribution in [0.25, 0.3) is 0 Å². The second-order valence-electron chi connectivity index (χ2n) is 3.61. The van der Waals surface area contributed by atoms with Crippen LogP contribution in [0, 0.1) is 0 Å². The maximum atomic E-state index is 9.85. The van der Waals surface area contributed by atoms with Crippen molar-refractivity contribution in [2.24, 2.45) is 0 Å². The van der Waals surface area contributed by atoms with Gasteiger partial charge in [0.05, 0.1) is 19.4 Å². The number of nitrogens with one attached hydrogen (secondary N) is 1. The van der Waals surface area contributed by atoms with Gasteiger partial charge in [0.1, 0.15) is 0 Å². The topological polar surface area (TPSA) is 61.7 Å². The molecule has 0 amide bonds. The van der Waals surface area contributed by atoms with E-state index in [0.29, 0.717) is 17.0 Å². The first-order valence-corrected chi connectivity index (χ1v) is 4.86. The summed E-state index contributed by atoms with van der Waals surface area (Å²) < 4.78 is 5.00. The van der Waals surface area contributed by atoms with E-state index in [0.717, 1.165) is 0 Å². The Morgan fingerprint density at radius 2 is 2.07 bits per heavy atom. The molecule has 0 saturated carbocycles. The highest BCUT2D eigenvalue weighted by Gasteiger charge is 2.13. The largest absolute Gasteiger partial charge is 0.503 e. The number of ether oxygens (including phenoxy) is 1. The highest BCUT2D eigenvalue weighted by molar-refractivity contribution is 5.67. The van der Waals surface area contributed by atoms with Gasteiger partial charge in [-0.05, 0) is 19.9 Å². The Bertz CT molecular complexity index is 337. The van der Waals surface area contributed by atoms with Gasteiger partial charge in [-0.15, -0.1) is 0 Å². The van der Waals surface area contributed by atoms with Gasteiger partial charge in [0.15, 0.2) is 11.5 Å². The first-order chi connectivity index (χ1) is 7.10. The minimum absolute atomic E-state index is 0.0396. The average molecular weight is 211 g/mol. The molecule has 0 saturated heterocycles. The molecule has 0 aromatic heterocycles. The first kappa shape index (κ1) is 11.7. The van der Waals surface area contributed by atoms with E-state index in [9.17, 15) is 5.11 Å². The van der Waals surface area contributed by atoms with E-state index in [1.54, 1.807) is 12.1 Å². The number of anilines is 1. The van der Waals surface area contributed by atoms with Gasteiger partial charge in [0.2, 0.25) is 0 Å². The highest BCUT2D eigenvalue weighted by Crippen LogP contribution is 2.37. The predicted molar refractivity (Wildman–Crippen MR) is 59.3 cm³/mol. The molecule has 4 heteroatoms. The monoisotopic (exact) mass is 211 g/mol. The maximum absolute atomic E-state index is 9.85. The van der Waals surface area contributed by atoms with E-state index in [2.05, 4.69) is 5.32 Å². The van der Waals surface area contributed by atoms with Crippen molar-refractivity contribution in [2.75, 3.05) is 12.4 Å². The van der Waals surface area contributed by atoms with E-state index in [1.165, 1.54) is 7.11 Å². The van der Waals surface area contributed by atoms with Gasteiger partial charge in [-0.25, -0.2) is 0 Å². The minimum Gasteiger partial charge on any atom is -0.503 e. The molecule has 15 heavy (non-hydrogen) atoms. The van der Waals surface area contributed by atoms with E-state index in [1.807, 2.05) is 13.8 Å². The average Bonchev–Trinajstić information content (AvgIpc) is 2.20. The molecule has 0 aliphatic heterocycles. The molecule has 0 spiro atoms. The molecule has 0 fully saturated rings. The summed E-state index contributed by atoms with van der Waals surface area (Å²) in [6.45, 7) is 3.80. The van der Waals surface area contributed by atoms with Gasteiger partial charge in [-0.3, -0.25) is 0 Å². The first-order valence-electron chi connectivity index (χ1n) is 4.86. The fourth-order valence-corrected chi connectivity index (χ4v) is 1.36. The molecular formula is C11H17NO3. The Morgan fingerprint density at radius 3 is 2.53 bits per heavy atom. The van der Waals surface area contributed by atoms with Crippen molar-refractivity contribution in [2.45, 2.75) is 26.5 Å². The normalized spacial score (nSPS) is 10.5. The predicted octanol–water partition coefficient (Wildman–Crippen LogP) is 1.71. The highest BCUT2D eigenvalue weighted by atomic mass is 16.5. The minimum atomic E-state index is -0.118. The molecule has 0 aliphatic carbocycles. The fourth-order valence-electron chi connectivity index (χ4n) is 1.36. The zero-order chi connectivity index (χ0) is 11.4. The van der Waals surface area contributed by atoms with Gasteiger partial charge in [0, 0.05) is 11.6 Å². The van der Waals surface area contributed by atoms with E-state index >= 15 is 0 Å². The van der Waals surface area contributed by atoms with Crippen LogP contribution in [0.5, 0.6) is 11.5 Å². The molecule has 0 heterocycles. The molecule has 0 atom stereocenters. The zero-order valence-corrected chi connectivity index (χ0v) is 9.24. The van der Waals surface area contributed by atoms with E-state index in [-0.39, 0.29) is 18.4 Å². The van der Waals surface area contributed by atoms with Crippen molar-refractivity contribution >= 4 is 5.69 Å². The van der Waals surface area contributed by atoms with Gasteiger partial charge < -0.3 is 20.3 Å². The van der Waals surface area contributed by atoms with Crippen molar-refractivity contribution in [1.29, 1.82) is 0 Å².